The molecule has 1 amide bonds. The number of hydrogen-bond donors (Lipinski definition) is 1. The number of carbonyl (C=O) groups is 1. The average Bonchev–Trinajstić information content (AvgIpc) is 3.26. The fourth-order valence-electron chi connectivity index (χ4n) is 3.34. The molecular weight excluding hydrogens is 378 g/mol. The Morgan fingerprint density at radius 1 is 1.19 bits per heavy atom. The first-order chi connectivity index (χ1) is 13.1. The number of amides is 1. The quantitative estimate of drug-likeness (QED) is 0.709. The van der Waals surface area contributed by atoms with Crippen LogP contribution in [0.2, 0.25) is 0 Å². The molecule has 140 valence electrons. The number of nitrogens with one attached hydrogen (secondary N) is 1. The van der Waals surface area contributed by atoms with Gasteiger partial charge in [0.1, 0.15) is 0 Å². The lowest BCUT2D eigenvalue weighted by atomic mass is 10.1. The summed E-state index contributed by atoms with van der Waals surface area (Å²) >= 11 is 3.01. The van der Waals surface area contributed by atoms with Crippen molar-refractivity contribution in [1.29, 1.82) is 0 Å². The molecule has 0 spiro atoms. The van der Waals surface area contributed by atoms with Crippen LogP contribution >= 0.6 is 22.7 Å². The van der Waals surface area contributed by atoms with Crippen LogP contribution in [0, 0.1) is 6.92 Å². The molecule has 2 aromatic heterocycles. The zero-order valence-electron chi connectivity index (χ0n) is 15.1. The Bertz CT molecular complexity index is 1000. The van der Waals surface area contributed by atoms with Crippen molar-refractivity contribution in [3.8, 4) is 0 Å². The van der Waals surface area contributed by atoms with Crippen molar-refractivity contribution in [2.24, 2.45) is 0 Å². The summed E-state index contributed by atoms with van der Waals surface area (Å²) in [4.78, 5) is 27.7. The maximum Gasteiger partial charge on any atom is 0.307 e. The molecule has 0 radical (unpaired) electrons. The van der Waals surface area contributed by atoms with Gasteiger partial charge in [-0.3, -0.25) is 9.59 Å². The maximum absolute atomic E-state index is 12.2. The molecule has 27 heavy (non-hydrogen) atoms. The van der Waals surface area contributed by atoms with E-state index >= 15 is 0 Å². The number of aryl methyl sites for hydroxylation is 1. The highest BCUT2D eigenvalue weighted by Crippen LogP contribution is 2.28. The molecule has 0 atom stereocenters. The molecule has 5 nitrogen and oxygen atoms in total. The van der Waals surface area contributed by atoms with Crippen molar-refractivity contribution in [2.75, 3.05) is 16.8 Å². The highest BCUT2D eigenvalue weighted by molar-refractivity contribution is 7.10. The molecule has 0 aliphatic carbocycles. The van der Waals surface area contributed by atoms with E-state index in [0.717, 1.165) is 30.9 Å². The molecule has 1 aromatic carbocycles. The summed E-state index contributed by atoms with van der Waals surface area (Å²) in [5, 5.41) is 6.90. The number of carbonyl (C=O) groups excluding carboxylic acids is 1. The van der Waals surface area contributed by atoms with Gasteiger partial charge in [0.05, 0.1) is 0 Å². The Hall–Kier alpha value is -2.38. The van der Waals surface area contributed by atoms with Gasteiger partial charge in [0.25, 0.3) is 0 Å². The van der Waals surface area contributed by atoms with Crippen molar-refractivity contribution in [2.45, 2.75) is 32.9 Å². The third-order valence-corrected chi connectivity index (χ3v) is 6.77. The monoisotopic (exact) mass is 399 g/mol. The number of thiophene rings is 1. The van der Waals surface area contributed by atoms with E-state index in [0.29, 0.717) is 6.54 Å². The Kier molecular flexibility index (Phi) is 5.13. The summed E-state index contributed by atoms with van der Waals surface area (Å²) in [5.74, 6) is -0.0823. The lowest BCUT2D eigenvalue weighted by molar-refractivity contribution is -0.116. The third kappa shape index (κ3) is 3.99. The first-order valence-electron chi connectivity index (χ1n) is 8.95. The second kappa shape index (κ2) is 7.70. The molecule has 0 bridgehead atoms. The van der Waals surface area contributed by atoms with E-state index in [1.54, 1.807) is 4.57 Å². The van der Waals surface area contributed by atoms with Gasteiger partial charge in [-0.2, -0.15) is 0 Å². The van der Waals surface area contributed by atoms with Crippen LogP contribution in [0.5, 0.6) is 0 Å². The summed E-state index contributed by atoms with van der Waals surface area (Å²) in [6.45, 7) is 4.26. The van der Waals surface area contributed by atoms with Gasteiger partial charge >= 0.3 is 4.87 Å². The fourth-order valence-corrected chi connectivity index (χ4v) is 4.99. The van der Waals surface area contributed by atoms with Gasteiger partial charge in [-0.25, -0.2) is 0 Å². The zero-order valence-corrected chi connectivity index (χ0v) is 16.7. The van der Waals surface area contributed by atoms with Crippen LogP contribution in [0.3, 0.4) is 0 Å². The molecule has 0 saturated carbocycles. The van der Waals surface area contributed by atoms with Crippen LogP contribution in [0.4, 0.5) is 11.4 Å². The summed E-state index contributed by atoms with van der Waals surface area (Å²) < 4.78 is 1.64. The van der Waals surface area contributed by atoms with Crippen LogP contribution in [-0.2, 0) is 24.3 Å². The summed E-state index contributed by atoms with van der Waals surface area (Å²) in [6.07, 6.45) is 1.37. The van der Waals surface area contributed by atoms with Gasteiger partial charge < -0.3 is 14.8 Å². The van der Waals surface area contributed by atoms with Crippen LogP contribution in [-0.4, -0.2) is 17.0 Å². The smallest absolute Gasteiger partial charge is 0.307 e. The van der Waals surface area contributed by atoms with Gasteiger partial charge in [-0.1, -0.05) is 11.3 Å². The van der Waals surface area contributed by atoms with Gasteiger partial charge in [-0.15, -0.1) is 11.3 Å². The van der Waals surface area contributed by atoms with Gasteiger partial charge in [0.15, 0.2) is 0 Å². The number of rotatable bonds is 5. The molecule has 0 saturated heterocycles. The van der Waals surface area contributed by atoms with E-state index in [9.17, 15) is 9.59 Å². The predicted octanol–water partition coefficient (Wildman–Crippen LogP) is 3.87. The minimum Gasteiger partial charge on any atom is -0.367 e. The number of nitrogens with zero attached hydrogens (tertiary/aromatic N) is 2. The Morgan fingerprint density at radius 3 is 2.74 bits per heavy atom. The topological polar surface area (TPSA) is 54.3 Å². The first kappa shape index (κ1) is 18.0. The fraction of sp³-hybridized carbons (Fsp3) is 0.300. The number of aromatic nitrogens is 1. The van der Waals surface area contributed by atoms with E-state index in [-0.39, 0.29) is 17.2 Å². The van der Waals surface area contributed by atoms with Crippen LogP contribution < -0.4 is 15.1 Å². The highest BCUT2D eigenvalue weighted by Gasteiger charge is 2.17. The largest absolute Gasteiger partial charge is 0.367 e. The number of anilines is 2. The zero-order chi connectivity index (χ0) is 18.8. The molecule has 0 unspecified atom stereocenters. The van der Waals surface area contributed by atoms with Crippen molar-refractivity contribution in [3.63, 3.8) is 0 Å². The molecule has 0 fully saturated rings. The number of benzene rings is 1. The minimum absolute atomic E-state index is 0.0139. The van der Waals surface area contributed by atoms with Crippen LogP contribution in [0.25, 0.3) is 0 Å². The second-order valence-corrected chi connectivity index (χ2v) is 8.50. The minimum atomic E-state index is -0.0823. The standard InChI is InChI=1S/C20H21N3O2S2/c1-14-13-27-20(25)23(14)10-7-19(24)21-16-2-4-17(5-3-16)22-9-6-18-15(12-22)8-11-26-18/h2-5,8,11,13H,6-7,9-10,12H2,1H3,(H,21,24). The number of thiazole rings is 1. The van der Waals surface area contributed by atoms with E-state index in [1.165, 1.54) is 27.5 Å². The van der Waals surface area contributed by atoms with Crippen molar-refractivity contribution in [3.05, 3.63) is 66.9 Å². The van der Waals surface area contributed by atoms with Gasteiger partial charge in [0, 0.05) is 53.4 Å². The lowest BCUT2D eigenvalue weighted by Crippen LogP contribution is -2.29. The molecule has 4 rings (SSSR count). The van der Waals surface area contributed by atoms with E-state index in [1.807, 2.05) is 35.8 Å². The van der Waals surface area contributed by atoms with Crippen LogP contribution in [0.1, 0.15) is 22.6 Å². The molecular formula is C20H21N3O2S2. The van der Waals surface area contributed by atoms with E-state index < -0.39 is 0 Å². The molecule has 1 aliphatic heterocycles. The highest BCUT2D eigenvalue weighted by atomic mass is 32.1. The lowest BCUT2D eigenvalue weighted by Gasteiger charge is -2.29. The summed E-state index contributed by atoms with van der Waals surface area (Å²) in [5.41, 5.74) is 4.27. The molecule has 1 aliphatic rings. The van der Waals surface area contributed by atoms with E-state index in [4.69, 9.17) is 0 Å². The van der Waals surface area contributed by atoms with Crippen molar-refractivity contribution < 1.29 is 4.79 Å². The van der Waals surface area contributed by atoms with Gasteiger partial charge in [-0.05, 0) is 54.6 Å². The second-order valence-electron chi connectivity index (χ2n) is 6.68. The predicted molar refractivity (Wildman–Crippen MR) is 112 cm³/mol. The SMILES string of the molecule is Cc1csc(=O)n1CCC(=O)Nc1ccc(N2CCc3sccc3C2)cc1. The van der Waals surface area contributed by atoms with E-state index in [2.05, 4.69) is 33.8 Å². The number of fused-ring (bicyclic) bond motifs is 1. The third-order valence-electron chi connectivity index (χ3n) is 4.86. The summed E-state index contributed by atoms with van der Waals surface area (Å²) in [6, 6.07) is 10.2. The Balaban J connectivity index is 1.34. The van der Waals surface area contributed by atoms with Crippen molar-refractivity contribution >= 4 is 40.0 Å². The molecule has 3 aromatic rings. The first-order valence-corrected chi connectivity index (χ1v) is 10.7. The van der Waals surface area contributed by atoms with Crippen LogP contribution in [0.15, 0.2) is 45.9 Å². The van der Waals surface area contributed by atoms with Gasteiger partial charge in [0.2, 0.25) is 5.91 Å². The van der Waals surface area contributed by atoms with Crippen molar-refractivity contribution in [1.82, 2.24) is 4.57 Å². The molecule has 7 heteroatoms. The normalized spacial score (nSPS) is 13.4. The average molecular weight is 400 g/mol. The maximum atomic E-state index is 12.2. The molecule has 1 N–H and O–H groups in total. The Morgan fingerprint density at radius 2 is 2.00 bits per heavy atom. The Labute approximate surface area is 165 Å². The molecule has 3 heterocycles. The number of hydrogen-bond acceptors (Lipinski definition) is 5. The summed E-state index contributed by atoms with van der Waals surface area (Å²) in [7, 11) is 0.